The Morgan fingerprint density at radius 2 is 1.72 bits per heavy atom. The van der Waals surface area contributed by atoms with Crippen LogP contribution in [0.1, 0.15) is 13.8 Å². The second kappa shape index (κ2) is 6.02. The molecule has 0 saturated heterocycles. The van der Waals surface area contributed by atoms with Crippen LogP contribution >= 0.6 is 23.2 Å². The van der Waals surface area contributed by atoms with Crippen molar-refractivity contribution in [2.75, 3.05) is 6.54 Å². The summed E-state index contributed by atoms with van der Waals surface area (Å²) in [6.45, 7) is 3.16. The van der Waals surface area contributed by atoms with Crippen molar-refractivity contribution >= 4 is 39.0 Å². The highest BCUT2D eigenvalue weighted by molar-refractivity contribution is 7.89. The molecule has 0 saturated carbocycles. The Bertz CT molecular complexity index is 535. The molecule has 1 rings (SSSR count). The molecule has 7 heteroatoms. The molecule has 0 aliphatic carbocycles. The summed E-state index contributed by atoms with van der Waals surface area (Å²) in [7, 11) is -3.77. The van der Waals surface area contributed by atoms with Crippen LogP contribution in [-0.2, 0) is 14.8 Å². The predicted octanol–water partition coefficient (Wildman–Crippen LogP) is 2.50. The third-order valence-electron chi connectivity index (χ3n) is 2.23. The van der Waals surface area contributed by atoms with Gasteiger partial charge in [-0.1, -0.05) is 37.0 Å². The Kier molecular flexibility index (Phi) is 5.16. The summed E-state index contributed by atoms with van der Waals surface area (Å²) in [4.78, 5) is 11.3. The minimum absolute atomic E-state index is 0.0587. The molecule has 0 aliphatic rings. The van der Waals surface area contributed by atoms with Crippen molar-refractivity contribution in [3.8, 4) is 0 Å². The van der Waals surface area contributed by atoms with Crippen molar-refractivity contribution in [3.63, 3.8) is 0 Å². The lowest BCUT2D eigenvalue weighted by Gasteiger charge is -2.08. The Balaban J connectivity index is 2.90. The zero-order chi connectivity index (χ0) is 13.9. The van der Waals surface area contributed by atoms with E-state index in [1.54, 1.807) is 13.8 Å². The maximum absolute atomic E-state index is 11.9. The van der Waals surface area contributed by atoms with Gasteiger partial charge in [-0.3, -0.25) is 4.79 Å². The maximum atomic E-state index is 11.9. The molecular weight excluding hydrogens is 297 g/mol. The zero-order valence-electron chi connectivity index (χ0n) is 9.91. The van der Waals surface area contributed by atoms with Crippen molar-refractivity contribution in [2.45, 2.75) is 18.7 Å². The average molecular weight is 310 g/mol. The van der Waals surface area contributed by atoms with E-state index >= 15 is 0 Å². The lowest BCUT2D eigenvalue weighted by atomic mass is 10.1. The molecule has 100 valence electrons. The van der Waals surface area contributed by atoms with Crippen LogP contribution in [0.2, 0.25) is 10.0 Å². The van der Waals surface area contributed by atoms with Crippen molar-refractivity contribution in [1.29, 1.82) is 0 Å². The zero-order valence-corrected chi connectivity index (χ0v) is 12.2. The molecule has 18 heavy (non-hydrogen) atoms. The van der Waals surface area contributed by atoms with Gasteiger partial charge < -0.3 is 0 Å². The second-order valence-electron chi connectivity index (χ2n) is 4.05. The topological polar surface area (TPSA) is 63.2 Å². The van der Waals surface area contributed by atoms with E-state index in [1.807, 2.05) is 0 Å². The largest absolute Gasteiger partial charge is 0.298 e. The van der Waals surface area contributed by atoms with E-state index in [2.05, 4.69) is 4.72 Å². The smallest absolute Gasteiger partial charge is 0.241 e. The van der Waals surface area contributed by atoms with Crippen LogP contribution in [0.5, 0.6) is 0 Å². The van der Waals surface area contributed by atoms with E-state index in [9.17, 15) is 13.2 Å². The van der Waals surface area contributed by atoms with Crippen LogP contribution in [0.4, 0.5) is 0 Å². The van der Waals surface area contributed by atoms with Gasteiger partial charge in [0.05, 0.1) is 11.4 Å². The Labute approximate surface area is 116 Å². The van der Waals surface area contributed by atoms with Gasteiger partial charge in [0.2, 0.25) is 10.0 Å². The third kappa shape index (κ3) is 4.24. The standard InChI is InChI=1S/C11H13Cl2NO3S/c1-7(2)11(15)6-14-18(16,17)10-4-8(12)3-9(13)5-10/h3-5,7,14H,6H2,1-2H3. The van der Waals surface area contributed by atoms with E-state index in [0.717, 1.165) is 0 Å². The number of halogens is 2. The minimum Gasteiger partial charge on any atom is -0.298 e. The van der Waals surface area contributed by atoms with Gasteiger partial charge in [-0.15, -0.1) is 0 Å². The first-order valence-corrected chi connectivity index (χ1v) is 7.45. The number of sulfonamides is 1. The number of carbonyl (C=O) groups excluding carboxylic acids is 1. The van der Waals surface area contributed by atoms with Crippen LogP contribution in [0.15, 0.2) is 23.1 Å². The monoisotopic (exact) mass is 309 g/mol. The molecule has 0 bridgehead atoms. The van der Waals surface area contributed by atoms with E-state index in [4.69, 9.17) is 23.2 Å². The molecule has 0 radical (unpaired) electrons. The Hall–Kier alpha value is -0.620. The summed E-state index contributed by atoms with van der Waals surface area (Å²) < 4.78 is 26.0. The molecule has 1 aromatic rings. The first-order valence-electron chi connectivity index (χ1n) is 5.21. The molecule has 0 spiro atoms. The number of nitrogens with one attached hydrogen (secondary N) is 1. The number of hydrogen-bond donors (Lipinski definition) is 1. The highest BCUT2D eigenvalue weighted by Gasteiger charge is 2.17. The molecule has 0 heterocycles. The van der Waals surface area contributed by atoms with Crippen LogP contribution in [0, 0.1) is 5.92 Å². The van der Waals surface area contributed by atoms with Crippen molar-refractivity contribution in [1.82, 2.24) is 4.72 Å². The number of hydrogen-bond acceptors (Lipinski definition) is 3. The van der Waals surface area contributed by atoms with E-state index in [1.165, 1.54) is 18.2 Å². The van der Waals surface area contributed by atoms with Gasteiger partial charge >= 0.3 is 0 Å². The van der Waals surface area contributed by atoms with Crippen LogP contribution in [-0.4, -0.2) is 20.7 Å². The van der Waals surface area contributed by atoms with Crippen LogP contribution in [0.3, 0.4) is 0 Å². The lowest BCUT2D eigenvalue weighted by Crippen LogP contribution is -2.31. The summed E-state index contributed by atoms with van der Waals surface area (Å²) in [6, 6.07) is 3.98. The van der Waals surface area contributed by atoms with Gasteiger partial charge in [-0.2, -0.15) is 0 Å². The maximum Gasteiger partial charge on any atom is 0.241 e. The van der Waals surface area contributed by atoms with Gasteiger partial charge in [0, 0.05) is 16.0 Å². The quantitative estimate of drug-likeness (QED) is 0.909. The van der Waals surface area contributed by atoms with E-state index in [-0.39, 0.29) is 33.2 Å². The molecule has 1 aromatic carbocycles. The Morgan fingerprint density at radius 3 is 2.17 bits per heavy atom. The summed E-state index contributed by atoms with van der Waals surface area (Å²) >= 11 is 11.5. The van der Waals surface area contributed by atoms with Gasteiger partial charge in [-0.05, 0) is 18.2 Å². The predicted molar refractivity (Wildman–Crippen MR) is 71.5 cm³/mol. The fourth-order valence-corrected chi connectivity index (χ4v) is 2.86. The molecule has 0 fully saturated rings. The Morgan fingerprint density at radius 1 is 1.22 bits per heavy atom. The van der Waals surface area contributed by atoms with Gasteiger partial charge in [0.25, 0.3) is 0 Å². The van der Waals surface area contributed by atoms with Gasteiger partial charge in [-0.25, -0.2) is 13.1 Å². The molecule has 0 aliphatic heterocycles. The first kappa shape index (κ1) is 15.4. The van der Waals surface area contributed by atoms with Crippen molar-refractivity contribution in [2.24, 2.45) is 5.92 Å². The van der Waals surface area contributed by atoms with E-state index < -0.39 is 10.0 Å². The number of benzene rings is 1. The number of carbonyl (C=O) groups is 1. The van der Waals surface area contributed by atoms with Crippen LogP contribution < -0.4 is 4.72 Å². The molecular formula is C11H13Cl2NO3S. The summed E-state index contributed by atoms with van der Waals surface area (Å²) in [5.41, 5.74) is 0. The highest BCUT2D eigenvalue weighted by atomic mass is 35.5. The van der Waals surface area contributed by atoms with Crippen molar-refractivity contribution in [3.05, 3.63) is 28.2 Å². The lowest BCUT2D eigenvalue weighted by molar-refractivity contribution is -0.120. The highest BCUT2D eigenvalue weighted by Crippen LogP contribution is 2.22. The second-order valence-corrected chi connectivity index (χ2v) is 6.69. The number of rotatable bonds is 5. The normalized spacial score (nSPS) is 11.8. The van der Waals surface area contributed by atoms with Gasteiger partial charge in [0.15, 0.2) is 0 Å². The third-order valence-corrected chi connectivity index (χ3v) is 4.04. The minimum atomic E-state index is -3.77. The van der Waals surface area contributed by atoms with E-state index in [0.29, 0.717) is 0 Å². The number of ketones is 1. The molecule has 0 aromatic heterocycles. The number of Topliss-reactive ketones (excluding diaryl/α,β-unsaturated/α-hetero) is 1. The van der Waals surface area contributed by atoms with Crippen molar-refractivity contribution < 1.29 is 13.2 Å². The SMILES string of the molecule is CC(C)C(=O)CNS(=O)(=O)c1cc(Cl)cc(Cl)c1. The first-order chi connectivity index (χ1) is 8.22. The summed E-state index contributed by atoms with van der Waals surface area (Å²) in [6.07, 6.45) is 0. The molecule has 4 nitrogen and oxygen atoms in total. The summed E-state index contributed by atoms with van der Waals surface area (Å²) in [5.74, 6) is -0.414. The average Bonchev–Trinajstić information content (AvgIpc) is 2.24. The van der Waals surface area contributed by atoms with Crippen LogP contribution in [0.25, 0.3) is 0 Å². The summed E-state index contributed by atoms with van der Waals surface area (Å²) in [5, 5.41) is 0.441. The molecule has 0 amide bonds. The molecule has 0 atom stereocenters. The molecule has 0 unspecified atom stereocenters. The van der Waals surface area contributed by atoms with Gasteiger partial charge in [0.1, 0.15) is 5.78 Å². The fraction of sp³-hybridized carbons (Fsp3) is 0.364. The fourth-order valence-electron chi connectivity index (χ4n) is 1.14. The molecule has 1 N–H and O–H groups in total.